The van der Waals surface area contributed by atoms with Gasteiger partial charge in [-0.25, -0.2) is 4.98 Å². The zero-order chi connectivity index (χ0) is 12.3. The van der Waals surface area contributed by atoms with E-state index >= 15 is 0 Å². The Morgan fingerprint density at radius 1 is 1.65 bits per heavy atom. The SMILES string of the molecule is CNC(C)Cc1coc(CC2CCCN2C)n1. The predicted octanol–water partition coefficient (Wildman–Crippen LogP) is 1.46. The Morgan fingerprint density at radius 3 is 3.12 bits per heavy atom. The van der Waals surface area contributed by atoms with Crippen molar-refractivity contribution < 1.29 is 4.42 Å². The van der Waals surface area contributed by atoms with Crippen LogP contribution in [0.15, 0.2) is 10.7 Å². The molecule has 1 N–H and O–H groups in total. The molecule has 96 valence electrons. The van der Waals surface area contributed by atoms with Crippen LogP contribution in [0, 0.1) is 0 Å². The van der Waals surface area contributed by atoms with Gasteiger partial charge in [0.25, 0.3) is 0 Å². The fourth-order valence-electron chi connectivity index (χ4n) is 2.39. The first-order chi connectivity index (χ1) is 8.19. The molecule has 2 heterocycles. The van der Waals surface area contributed by atoms with Gasteiger partial charge in [-0.05, 0) is 40.4 Å². The number of likely N-dealkylation sites (tertiary alicyclic amines) is 1. The van der Waals surface area contributed by atoms with E-state index in [0.717, 1.165) is 24.4 Å². The van der Waals surface area contributed by atoms with Crippen LogP contribution in [0.4, 0.5) is 0 Å². The van der Waals surface area contributed by atoms with E-state index in [1.54, 1.807) is 6.26 Å². The molecule has 1 fully saturated rings. The van der Waals surface area contributed by atoms with Crippen molar-refractivity contribution in [3.63, 3.8) is 0 Å². The van der Waals surface area contributed by atoms with E-state index in [-0.39, 0.29) is 0 Å². The largest absolute Gasteiger partial charge is 0.449 e. The molecule has 0 aromatic carbocycles. The Kier molecular flexibility index (Phi) is 4.18. The van der Waals surface area contributed by atoms with Crippen molar-refractivity contribution in [2.45, 2.75) is 44.7 Å². The Balaban J connectivity index is 1.89. The van der Waals surface area contributed by atoms with Crippen LogP contribution in [0.3, 0.4) is 0 Å². The molecule has 2 unspecified atom stereocenters. The minimum Gasteiger partial charge on any atom is -0.449 e. The van der Waals surface area contributed by atoms with Crippen molar-refractivity contribution >= 4 is 0 Å². The average Bonchev–Trinajstić information content (AvgIpc) is 2.90. The van der Waals surface area contributed by atoms with Crippen LogP contribution >= 0.6 is 0 Å². The summed E-state index contributed by atoms with van der Waals surface area (Å²) in [5.74, 6) is 0.891. The van der Waals surface area contributed by atoms with Crippen molar-refractivity contribution in [3.8, 4) is 0 Å². The molecule has 1 aliphatic heterocycles. The summed E-state index contributed by atoms with van der Waals surface area (Å²) in [5, 5.41) is 3.21. The van der Waals surface area contributed by atoms with Gasteiger partial charge in [-0.1, -0.05) is 0 Å². The quantitative estimate of drug-likeness (QED) is 0.842. The van der Waals surface area contributed by atoms with Crippen LogP contribution < -0.4 is 5.32 Å². The molecule has 0 bridgehead atoms. The van der Waals surface area contributed by atoms with Gasteiger partial charge >= 0.3 is 0 Å². The summed E-state index contributed by atoms with van der Waals surface area (Å²) in [6, 6.07) is 1.06. The first kappa shape index (κ1) is 12.6. The van der Waals surface area contributed by atoms with Gasteiger partial charge in [-0.15, -0.1) is 0 Å². The number of aromatic nitrogens is 1. The third-order valence-electron chi connectivity index (χ3n) is 3.69. The summed E-state index contributed by atoms with van der Waals surface area (Å²) in [7, 11) is 4.16. The normalized spacial score (nSPS) is 23.1. The van der Waals surface area contributed by atoms with Crippen LogP contribution in [0.1, 0.15) is 31.4 Å². The van der Waals surface area contributed by atoms with E-state index in [4.69, 9.17) is 4.42 Å². The maximum absolute atomic E-state index is 5.55. The lowest BCUT2D eigenvalue weighted by molar-refractivity contribution is 0.292. The highest BCUT2D eigenvalue weighted by Gasteiger charge is 2.23. The van der Waals surface area contributed by atoms with Crippen LogP contribution in [-0.4, -0.2) is 42.6 Å². The summed E-state index contributed by atoms with van der Waals surface area (Å²) in [6.07, 6.45) is 6.25. The van der Waals surface area contributed by atoms with Crippen molar-refractivity contribution in [2.24, 2.45) is 0 Å². The maximum Gasteiger partial charge on any atom is 0.195 e. The summed E-state index contributed by atoms with van der Waals surface area (Å²) in [5.41, 5.74) is 1.06. The molecule has 0 radical (unpaired) electrons. The molecule has 4 nitrogen and oxygen atoms in total. The van der Waals surface area contributed by atoms with Crippen molar-refractivity contribution in [3.05, 3.63) is 17.8 Å². The van der Waals surface area contributed by atoms with Gasteiger partial charge in [0.15, 0.2) is 5.89 Å². The van der Waals surface area contributed by atoms with E-state index in [0.29, 0.717) is 12.1 Å². The molecule has 1 aromatic rings. The Bertz CT molecular complexity index is 350. The van der Waals surface area contributed by atoms with Crippen LogP contribution in [-0.2, 0) is 12.8 Å². The second kappa shape index (κ2) is 5.65. The number of nitrogens with zero attached hydrogens (tertiary/aromatic N) is 2. The minimum absolute atomic E-state index is 0.446. The van der Waals surface area contributed by atoms with Crippen molar-refractivity contribution in [2.75, 3.05) is 20.6 Å². The highest BCUT2D eigenvalue weighted by molar-refractivity contribution is 5.00. The number of hydrogen-bond acceptors (Lipinski definition) is 4. The van der Waals surface area contributed by atoms with E-state index in [9.17, 15) is 0 Å². The molecular weight excluding hydrogens is 214 g/mol. The van der Waals surface area contributed by atoms with Crippen LogP contribution in [0.2, 0.25) is 0 Å². The second-order valence-corrected chi connectivity index (χ2v) is 5.11. The summed E-state index contributed by atoms with van der Waals surface area (Å²) in [6.45, 7) is 3.36. The third-order valence-corrected chi connectivity index (χ3v) is 3.69. The molecule has 2 atom stereocenters. The molecule has 0 amide bonds. The molecular formula is C13H23N3O. The highest BCUT2D eigenvalue weighted by atomic mass is 16.3. The molecule has 17 heavy (non-hydrogen) atoms. The maximum atomic E-state index is 5.55. The van der Waals surface area contributed by atoms with Gasteiger partial charge in [0.05, 0.1) is 5.69 Å². The number of rotatable bonds is 5. The highest BCUT2D eigenvalue weighted by Crippen LogP contribution is 2.19. The first-order valence-corrected chi connectivity index (χ1v) is 6.50. The number of hydrogen-bond donors (Lipinski definition) is 1. The summed E-state index contributed by atoms with van der Waals surface area (Å²) >= 11 is 0. The summed E-state index contributed by atoms with van der Waals surface area (Å²) < 4.78 is 5.55. The molecule has 1 aliphatic rings. The first-order valence-electron chi connectivity index (χ1n) is 6.50. The molecule has 0 saturated carbocycles. The lowest BCUT2D eigenvalue weighted by Gasteiger charge is -2.17. The third kappa shape index (κ3) is 3.30. The van der Waals surface area contributed by atoms with Gasteiger partial charge in [-0.3, -0.25) is 0 Å². The van der Waals surface area contributed by atoms with E-state index in [1.165, 1.54) is 19.4 Å². The zero-order valence-electron chi connectivity index (χ0n) is 11.1. The van der Waals surface area contributed by atoms with Gasteiger partial charge < -0.3 is 14.6 Å². The number of likely N-dealkylation sites (N-methyl/N-ethyl adjacent to an activating group) is 2. The molecule has 0 aliphatic carbocycles. The van der Waals surface area contributed by atoms with Crippen molar-refractivity contribution in [1.82, 2.24) is 15.2 Å². The van der Waals surface area contributed by atoms with Crippen LogP contribution in [0.5, 0.6) is 0 Å². The Morgan fingerprint density at radius 2 is 2.47 bits per heavy atom. The smallest absolute Gasteiger partial charge is 0.195 e. The van der Waals surface area contributed by atoms with E-state index in [1.807, 2.05) is 7.05 Å². The molecule has 4 heteroatoms. The van der Waals surface area contributed by atoms with E-state index in [2.05, 4.69) is 29.2 Å². The Labute approximate surface area is 103 Å². The monoisotopic (exact) mass is 237 g/mol. The summed E-state index contributed by atoms with van der Waals surface area (Å²) in [4.78, 5) is 6.97. The second-order valence-electron chi connectivity index (χ2n) is 5.11. The van der Waals surface area contributed by atoms with Gasteiger partial charge in [0, 0.05) is 24.9 Å². The predicted molar refractivity (Wildman–Crippen MR) is 68.1 cm³/mol. The number of oxazole rings is 1. The number of nitrogens with one attached hydrogen (secondary N) is 1. The van der Waals surface area contributed by atoms with Crippen molar-refractivity contribution in [1.29, 1.82) is 0 Å². The molecule has 1 aromatic heterocycles. The molecule has 1 saturated heterocycles. The van der Waals surface area contributed by atoms with Gasteiger partial charge in [0.2, 0.25) is 0 Å². The topological polar surface area (TPSA) is 41.3 Å². The lowest BCUT2D eigenvalue weighted by Crippen LogP contribution is -2.27. The van der Waals surface area contributed by atoms with E-state index < -0.39 is 0 Å². The lowest BCUT2D eigenvalue weighted by atomic mass is 10.1. The minimum atomic E-state index is 0.446. The average molecular weight is 237 g/mol. The fraction of sp³-hybridized carbons (Fsp3) is 0.769. The standard InChI is InChI=1S/C13H23N3O/c1-10(14-2)7-11-9-17-13(15-11)8-12-5-4-6-16(12)3/h9-10,12,14H,4-8H2,1-3H3. The molecule has 2 rings (SSSR count). The Hall–Kier alpha value is -0.870. The zero-order valence-corrected chi connectivity index (χ0v) is 11.1. The van der Waals surface area contributed by atoms with Gasteiger partial charge in [0.1, 0.15) is 6.26 Å². The van der Waals surface area contributed by atoms with Gasteiger partial charge in [-0.2, -0.15) is 0 Å². The molecule has 0 spiro atoms. The van der Waals surface area contributed by atoms with Crippen LogP contribution in [0.25, 0.3) is 0 Å². The fourth-order valence-corrected chi connectivity index (χ4v) is 2.39.